The Balaban J connectivity index is 2.96. The summed E-state index contributed by atoms with van der Waals surface area (Å²) in [5.41, 5.74) is 5.27. The molecule has 0 bridgehead atoms. The molecule has 0 aliphatic rings. The number of nitrogens with zero attached hydrogens (tertiary/aromatic N) is 3. The van der Waals surface area contributed by atoms with Crippen molar-refractivity contribution >= 4 is 11.7 Å². The summed E-state index contributed by atoms with van der Waals surface area (Å²) >= 11 is 0. The Hall–Kier alpha value is -1.89. The molecule has 0 atom stereocenters. The van der Waals surface area contributed by atoms with Crippen LogP contribution in [0.3, 0.4) is 0 Å². The summed E-state index contributed by atoms with van der Waals surface area (Å²) in [4.78, 5) is 18.3. The molecule has 1 heterocycles. The van der Waals surface area contributed by atoms with Gasteiger partial charge in [-0.15, -0.1) is 0 Å². The Labute approximate surface area is 118 Å². The molecule has 1 rings (SSSR count). The molecular weight excluding hydrogens is 258 g/mol. The van der Waals surface area contributed by atoms with Gasteiger partial charge in [-0.1, -0.05) is 6.92 Å². The van der Waals surface area contributed by atoms with E-state index in [-0.39, 0.29) is 11.4 Å². The zero-order chi connectivity index (χ0) is 15.0. The first-order valence-electron chi connectivity index (χ1n) is 6.72. The van der Waals surface area contributed by atoms with Crippen molar-refractivity contribution in [2.24, 2.45) is 5.73 Å². The highest BCUT2D eigenvalue weighted by atomic mass is 16.5. The first kappa shape index (κ1) is 16.2. The first-order valence-corrected chi connectivity index (χ1v) is 6.72. The Bertz CT molecular complexity index is 486. The standard InChI is InChI=1S/C13H23N5O2/c1-3-6-18-8-5-16-12(13(18)19)17(9-10-20-2)7-4-11(14)15/h5,8H,3-4,6-7,9-10H2,1-2H3,(H3,14,15). The van der Waals surface area contributed by atoms with Crippen molar-refractivity contribution in [1.29, 1.82) is 5.41 Å². The van der Waals surface area contributed by atoms with Crippen LogP contribution in [0.4, 0.5) is 5.82 Å². The molecule has 0 saturated heterocycles. The van der Waals surface area contributed by atoms with Crippen LogP contribution in [0.15, 0.2) is 17.2 Å². The van der Waals surface area contributed by atoms with Crippen molar-refractivity contribution in [2.45, 2.75) is 26.3 Å². The Kier molecular flexibility index (Phi) is 6.72. The quantitative estimate of drug-likeness (QED) is 0.505. The number of aromatic nitrogens is 2. The van der Waals surface area contributed by atoms with Crippen molar-refractivity contribution in [3.8, 4) is 0 Å². The largest absolute Gasteiger partial charge is 0.388 e. The average molecular weight is 281 g/mol. The van der Waals surface area contributed by atoms with Crippen LogP contribution in [0.1, 0.15) is 19.8 Å². The highest BCUT2D eigenvalue weighted by Crippen LogP contribution is 2.05. The molecule has 112 valence electrons. The van der Waals surface area contributed by atoms with Crippen LogP contribution in [-0.4, -0.2) is 42.2 Å². The second kappa shape index (κ2) is 8.31. The third kappa shape index (κ3) is 4.65. The van der Waals surface area contributed by atoms with E-state index >= 15 is 0 Å². The summed E-state index contributed by atoms with van der Waals surface area (Å²) in [6.45, 7) is 4.20. The van der Waals surface area contributed by atoms with Crippen molar-refractivity contribution < 1.29 is 4.74 Å². The maximum atomic E-state index is 12.3. The van der Waals surface area contributed by atoms with E-state index in [1.165, 1.54) is 0 Å². The third-order valence-electron chi connectivity index (χ3n) is 2.88. The predicted octanol–water partition coefficient (Wildman–Crippen LogP) is 0.432. The molecule has 1 aromatic rings. The summed E-state index contributed by atoms with van der Waals surface area (Å²) in [5.74, 6) is 0.483. The summed E-state index contributed by atoms with van der Waals surface area (Å²) in [6, 6.07) is 0. The van der Waals surface area contributed by atoms with Crippen molar-refractivity contribution in [3.63, 3.8) is 0 Å². The highest BCUT2D eigenvalue weighted by molar-refractivity contribution is 5.77. The summed E-state index contributed by atoms with van der Waals surface area (Å²) < 4.78 is 6.70. The lowest BCUT2D eigenvalue weighted by Gasteiger charge is -2.23. The van der Waals surface area contributed by atoms with Gasteiger partial charge >= 0.3 is 0 Å². The number of anilines is 1. The second-order valence-electron chi connectivity index (χ2n) is 4.50. The smallest absolute Gasteiger partial charge is 0.293 e. The van der Waals surface area contributed by atoms with Gasteiger partial charge in [0.25, 0.3) is 5.56 Å². The number of hydrogen-bond acceptors (Lipinski definition) is 5. The van der Waals surface area contributed by atoms with Crippen LogP contribution in [0.5, 0.6) is 0 Å². The predicted molar refractivity (Wildman–Crippen MR) is 79.4 cm³/mol. The van der Waals surface area contributed by atoms with E-state index in [0.717, 1.165) is 6.42 Å². The molecule has 7 heteroatoms. The van der Waals surface area contributed by atoms with Crippen LogP contribution < -0.4 is 16.2 Å². The van der Waals surface area contributed by atoms with E-state index in [9.17, 15) is 4.79 Å². The molecule has 0 saturated carbocycles. The zero-order valence-electron chi connectivity index (χ0n) is 12.1. The van der Waals surface area contributed by atoms with Gasteiger partial charge in [0.15, 0.2) is 5.82 Å². The third-order valence-corrected chi connectivity index (χ3v) is 2.88. The number of amidine groups is 1. The van der Waals surface area contributed by atoms with Crippen LogP contribution in [0.25, 0.3) is 0 Å². The fourth-order valence-corrected chi connectivity index (χ4v) is 1.85. The Morgan fingerprint density at radius 2 is 2.30 bits per heavy atom. The van der Waals surface area contributed by atoms with Crippen molar-refractivity contribution in [2.75, 3.05) is 31.7 Å². The molecular formula is C13H23N5O2. The van der Waals surface area contributed by atoms with E-state index in [1.54, 1.807) is 24.1 Å². The summed E-state index contributed by atoms with van der Waals surface area (Å²) in [7, 11) is 1.61. The minimum absolute atomic E-state index is 0.0947. The monoisotopic (exact) mass is 281 g/mol. The normalized spacial score (nSPS) is 10.5. The van der Waals surface area contributed by atoms with Crippen LogP contribution in [-0.2, 0) is 11.3 Å². The summed E-state index contributed by atoms with van der Waals surface area (Å²) in [5, 5.41) is 7.31. The van der Waals surface area contributed by atoms with Crippen LogP contribution in [0, 0.1) is 5.41 Å². The molecule has 0 aliphatic heterocycles. The lowest BCUT2D eigenvalue weighted by Crippen LogP contribution is -2.37. The molecule has 0 amide bonds. The molecule has 0 radical (unpaired) electrons. The summed E-state index contributed by atoms with van der Waals surface area (Å²) in [6.07, 6.45) is 4.59. The fraction of sp³-hybridized carbons (Fsp3) is 0.615. The number of rotatable bonds is 9. The molecule has 3 N–H and O–H groups in total. The van der Waals surface area contributed by atoms with Crippen LogP contribution >= 0.6 is 0 Å². The average Bonchev–Trinajstić information content (AvgIpc) is 2.42. The van der Waals surface area contributed by atoms with E-state index in [4.69, 9.17) is 15.9 Å². The van der Waals surface area contributed by atoms with Gasteiger partial charge in [0.05, 0.1) is 12.4 Å². The van der Waals surface area contributed by atoms with Gasteiger partial charge in [-0.05, 0) is 6.42 Å². The number of methoxy groups -OCH3 is 1. The molecule has 20 heavy (non-hydrogen) atoms. The van der Waals surface area contributed by atoms with E-state index in [0.29, 0.717) is 38.5 Å². The molecule has 0 unspecified atom stereocenters. The van der Waals surface area contributed by atoms with Gasteiger partial charge in [-0.2, -0.15) is 0 Å². The first-order chi connectivity index (χ1) is 9.60. The molecule has 0 aliphatic carbocycles. The minimum atomic E-state index is -0.117. The van der Waals surface area contributed by atoms with Crippen molar-refractivity contribution in [1.82, 2.24) is 9.55 Å². The van der Waals surface area contributed by atoms with E-state index < -0.39 is 0 Å². The molecule has 1 aromatic heterocycles. The van der Waals surface area contributed by atoms with E-state index in [1.807, 2.05) is 11.8 Å². The zero-order valence-corrected chi connectivity index (χ0v) is 12.1. The number of aryl methyl sites for hydroxylation is 1. The number of nitrogens with two attached hydrogens (primary N) is 1. The Morgan fingerprint density at radius 1 is 1.55 bits per heavy atom. The van der Waals surface area contributed by atoms with Gasteiger partial charge < -0.3 is 19.9 Å². The lowest BCUT2D eigenvalue weighted by atomic mass is 10.3. The second-order valence-corrected chi connectivity index (χ2v) is 4.50. The lowest BCUT2D eigenvalue weighted by molar-refractivity contribution is 0.205. The minimum Gasteiger partial charge on any atom is -0.388 e. The topological polar surface area (TPSA) is 97.2 Å². The van der Waals surface area contributed by atoms with Gasteiger partial charge in [-0.25, -0.2) is 4.98 Å². The molecule has 0 spiro atoms. The van der Waals surface area contributed by atoms with Crippen molar-refractivity contribution in [3.05, 3.63) is 22.7 Å². The van der Waals surface area contributed by atoms with E-state index in [2.05, 4.69) is 4.98 Å². The number of ether oxygens (including phenoxy) is 1. The number of hydrogen-bond donors (Lipinski definition) is 2. The molecule has 0 aromatic carbocycles. The molecule has 0 fully saturated rings. The van der Waals surface area contributed by atoms with Gasteiger partial charge in [0.1, 0.15) is 0 Å². The fourth-order valence-electron chi connectivity index (χ4n) is 1.85. The SMILES string of the molecule is CCCn1ccnc(N(CCOC)CCC(=N)N)c1=O. The molecule has 7 nitrogen and oxygen atoms in total. The van der Waals surface area contributed by atoms with Gasteiger partial charge in [0.2, 0.25) is 0 Å². The van der Waals surface area contributed by atoms with Gasteiger partial charge in [-0.3, -0.25) is 10.2 Å². The number of nitrogens with one attached hydrogen (secondary N) is 1. The van der Waals surface area contributed by atoms with Crippen LogP contribution in [0.2, 0.25) is 0 Å². The maximum absolute atomic E-state index is 12.3. The highest BCUT2D eigenvalue weighted by Gasteiger charge is 2.13. The Morgan fingerprint density at radius 3 is 2.90 bits per heavy atom. The maximum Gasteiger partial charge on any atom is 0.293 e. The van der Waals surface area contributed by atoms with Gasteiger partial charge in [0, 0.05) is 45.6 Å².